The van der Waals surface area contributed by atoms with Crippen LogP contribution in [0.4, 0.5) is 17.1 Å². The van der Waals surface area contributed by atoms with Gasteiger partial charge in [-0.2, -0.15) is 0 Å². The summed E-state index contributed by atoms with van der Waals surface area (Å²) in [7, 11) is 1.57. The first-order chi connectivity index (χ1) is 15.0. The number of anilines is 2. The van der Waals surface area contributed by atoms with Gasteiger partial charge < -0.3 is 20.1 Å². The Morgan fingerprint density at radius 2 is 1.90 bits per heavy atom. The van der Waals surface area contributed by atoms with E-state index in [1.165, 1.54) is 6.20 Å². The van der Waals surface area contributed by atoms with Crippen molar-refractivity contribution in [3.05, 3.63) is 82.2 Å². The topological polar surface area (TPSA) is 116 Å². The second kappa shape index (κ2) is 10.1. The molecule has 160 valence electrons. The SMILES string of the molecule is COc1ccc(C(=O)Nc2cccc(OCCNc3c(C)cncc3[N+](=O)[O-])c2)cc1. The fraction of sp³-hybridized carbons (Fsp3) is 0.182. The summed E-state index contributed by atoms with van der Waals surface area (Å²) in [6.45, 7) is 2.38. The Labute approximate surface area is 179 Å². The molecule has 3 rings (SSSR count). The molecule has 0 aliphatic rings. The van der Waals surface area contributed by atoms with Crippen molar-refractivity contribution < 1.29 is 19.2 Å². The maximum atomic E-state index is 12.4. The lowest BCUT2D eigenvalue weighted by atomic mass is 10.2. The highest BCUT2D eigenvalue weighted by Crippen LogP contribution is 2.26. The lowest BCUT2D eigenvalue weighted by Crippen LogP contribution is -2.14. The fourth-order valence-electron chi connectivity index (χ4n) is 2.87. The number of carbonyl (C=O) groups is 1. The van der Waals surface area contributed by atoms with Gasteiger partial charge in [0.25, 0.3) is 5.91 Å². The Balaban J connectivity index is 1.55. The molecule has 2 N–H and O–H groups in total. The molecule has 0 saturated carbocycles. The molecule has 0 unspecified atom stereocenters. The summed E-state index contributed by atoms with van der Waals surface area (Å²) in [5.41, 5.74) is 2.11. The molecule has 1 heterocycles. The van der Waals surface area contributed by atoms with Gasteiger partial charge in [0.1, 0.15) is 30.0 Å². The first kappa shape index (κ1) is 21.6. The Kier molecular flexibility index (Phi) is 7.00. The van der Waals surface area contributed by atoms with Gasteiger partial charge >= 0.3 is 5.69 Å². The highest BCUT2D eigenvalue weighted by atomic mass is 16.6. The number of ether oxygens (including phenoxy) is 2. The zero-order valence-corrected chi connectivity index (χ0v) is 17.1. The molecule has 31 heavy (non-hydrogen) atoms. The summed E-state index contributed by atoms with van der Waals surface area (Å²) < 4.78 is 10.8. The predicted octanol–water partition coefficient (Wildman–Crippen LogP) is 4.05. The van der Waals surface area contributed by atoms with Gasteiger partial charge in [0.2, 0.25) is 0 Å². The number of amides is 1. The minimum Gasteiger partial charge on any atom is -0.497 e. The summed E-state index contributed by atoms with van der Waals surface area (Å²) in [5, 5.41) is 17.0. The standard InChI is InChI=1S/C22H22N4O5/c1-15-13-23-14-20(26(28)29)21(15)24-10-11-31-19-5-3-4-17(12-19)25-22(27)16-6-8-18(30-2)9-7-16/h3-9,12-14H,10-11H2,1-2H3,(H,23,24)(H,25,27). The number of hydrogen-bond acceptors (Lipinski definition) is 7. The Hall–Kier alpha value is -4.14. The molecule has 9 heteroatoms. The van der Waals surface area contributed by atoms with Crippen LogP contribution in [-0.4, -0.2) is 36.1 Å². The molecule has 1 amide bonds. The molecule has 0 saturated heterocycles. The number of benzene rings is 2. The molecule has 0 atom stereocenters. The van der Waals surface area contributed by atoms with Crippen LogP contribution in [0.25, 0.3) is 0 Å². The largest absolute Gasteiger partial charge is 0.497 e. The number of hydrogen-bond donors (Lipinski definition) is 2. The molecular weight excluding hydrogens is 400 g/mol. The third-order valence-corrected chi connectivity index (χ3v) is 4.43. The molecular formula is C22H22N4O5. The van der Waals surface area contributed by atoms with Crippen molar-refractivity contribution in [1.82, 2.24) is 4.98 Å². The minimum atomic E-state index is -0.474. The average molecular weight is 422 g/mol. The van der Waals surface area contributed by atoms with Gasteiger partial charge in [-0.15, -0.1) is 0 Å². The van der Waals surface area contributed by atoms with Gasteiger partial charge in [0.05, 0.1) is 12.0 Å². The number of methoxy groups -OCH3 is 1. The van der Waals surface area contributed by atoms with Crippen molar-refractivity contribution in [2.24, 2.45) is 0 Å². The highest BCUT2D eigenvalue weighted by Gasteiger charge is 2.15. The molecule has 0 fully saturated rings. The number of pyridine rings is 1. The van der Waals surface area contributed by atoms with Crippen molar-refractivity contribution in [3.8, 4) is 11.5 Å². The number of carbonyl (C=O) groups excluding carboxylic acids is 1. The first-order valence-electron chi connectivity index (χ1n) is 9.49. The van der Waals surface area contributed by atoms with E-state index in [9.17, 15) is 14.9 Å². The lowest BCUT2D eigenvalue weighted by molar-refractivity contribution is -0.384. The maximum absolute atomic E-state index is 12.4. The van der Waals surface area contributed by atoms with Crippen molar-refractivity contribution in [1.29, 1.82) is 0 Å². The number of aromatic nitrogens is 1. The smallest absolute Gasteiger partial charge is 0.310 e. The zero-order valence-electron chi connectivity index (χ0n) is 17.1. The first-order valence-corrected chi connectivity index (χ1v) is 9.49. The van der Waals surface area contributed by atoms with Crippen LogP contribution in [0.2, 0.25) is 0 Å². The number of nitrogens with one attached hydrogen (secondary N) is 2. The van der Waals surface area contributed by atoms with Crippen LogP contribution in [0.1, 0.15) is 15.9 Å². The van der Waals surface area contributed by atoms with Gasteiger partial charge in [0, 0.05) is 30.1 Å². The predicted molar refractivity (Wildman–Crippen MR) is 117 cm³/mol. The Morgan fingerprint density at radius 3 is 2.61 bits per heavy atom. The van der Waals surface area contributed by atoms with Gasteiger partial charge in [-0.1, -0.05) is 6.07 Å². The molecule has 1 aromatic heterocycles. The van der Waals surface area contributed by atoms with Crippen LogP contribution in [0.15, 0.2) is 60.9 Å². The van der Waals surface area contributed by atoms with Crippen LogP contribution >= 0.6 is 0 Å². The second-order valence-corrected chi connectivity index (χ2v) is 6.59. The molecule has 9 nitrogen and oxygen atoms in total. The van der Waals surface area contributed by atoms with Crippen LogP contribution in [0.3, 0.4) is 0 Å². The van der Waals surface area contributed by atoms with Crippen LogP contribution in [0, 0.1) is 17.0 Å². The quantitative estimate of drug-likeness (QED) is 0.304. The lowest BCUT2D eigenvalue weighted by Gasteiger charge is -2.12. The second-order valence-electron chi connectivity index (χ2n) is 6.59. The van der Waals surface area contributed by atoms with E-state index in [1.807, 2.05) is 0 Å². The summed E-state index contributed by atoms with van der Waals surface area (Å²) >= 11 is 0. The van der Waals surface area contributed by atoms with Crippen molar-refractivity contribution in [2.75, 3.05) is 30.9 Å². The van der Waals surface area contributed by atoms with E-state index in [-0.39, 0.29) is 18.2 Å². The molecule has 0 aliphatic carbocycles. The van der Waals surface area contributed by atoms with Gasteiger partial charge in [-0.3, -0.25) is 19.9 Å². The van der Waals surface area contributed by atoms with Crippen molar-refractivity contribution >= 4 is 23.0 Å². The number of rotatable bonds is 9. The third-order valence-electron chi connectivity index (χ3n) is 4.43. The highest BCUT2D eigenvalue weighted by molar-refractivity contribution is 6.04. The zero-order chi connectivity index (χ0) is 22.2. The minimum absolute atomic E-state index is 0.0803. The van der Waals surface area contributed by atoms with E-state index in [0.29, 0.717) is 40.5 Å². The van der Waals surface area contributed by atoms with Gasteiger partial charge in [0.15, 0.2) is 0 Å². The van der Waals surface area contributed by atoms with Gasteiger partial charge in [-0.25, -0.2) is 0 Å². The Morgan fingerprint density at radius 1 is 1.13 bits per heavy atom. The molecule has 3 aromatic rings. The summed E-state index contributed by atoms with van der Waals surface area (Å²) in [5.74, 6) is 0.991. The summed E-state index contributed by atoms with van der Waals surface area (Å²) in [6.07, 6.45) is 2.77. The number of nitro groups is 1. The normalized spacial score (nSPS) is 10.3. The van der Waals surface area contributed by atoms with Crippen LogP contribution in [-0.2, 0) is 0 Å². The third kappa shape index (κ3) is 5.69. The fourth-order valence-corrected chi connectivity index (χ4v) is 2.87. The van der Waals surface area contributed by atoms with E-state index in [0.717, 1.165) is 0 Å². The van der Waals surface area contributed by atoms with E-state index < -0.39 is 4.92 Å². The summed E-state index contributed by atoms with van der Waals surface area (Å²) in [4.78, 5) is 26.9. The Bertz CT molecular complexity index is 1070. The average Bonchev–Trinajstić information content (AvgIpc) is 2.77. The van der Waals surface area contributed by atoms with Gasteiger partial charge in [-0.05, 0) is 48.9 Å². The molecule has 0 spiro atoms. The van der Waals surface area contributed by atoms with E-state index in [4.69, 9.17) is 9.47 Å². The van der Waals surface area contributed by atoms with Crippen LogP contribution < -0.4 is 20.1 Å². The summed E-state index contributed by atoms with van der Waals surface area (Å²) in [6, 6.07) is 13.8. The maximum Gasteiger partial charge on any atom is 0.310 e. The number of nitrogens with zero attached hydrogens (tertiary/aromatic N) is 2. The number of aryl methyl sites for hydroxylation is 1. The monoisotopic (exact) mass is 422 g/mol. The van der Waals surface area contributed by atoms with E-state index >= 15 is 0 Å². The van der Waals surface area contributed by atoms with E-state index in [1.54, 1.807) is 68.8 Å². The van der Waals surface area contributed by atoms with Crippen LogP contribution in [0.5, 0.6) is 11.5 Å². The molecule has 0 radical (unpaired) electrons. The molecule has 0 bridgehead atoms. The van der Waals surface area contributed by atoms with E-state index in [2.05, 4.69) is 15.6 Å². The van der Waals surface area contributed by atoms with Crippen molar-refractivity contribution in [2.45, 2.75) is 6.92 Å². The van der Waals surface area contributed by atoms with Crippen molar-refractivity contribution in [3.63, 3.8) is 0 Å². The molecule has 2 aromatic carbocycles. The molecule has 0 aliphatic heterocycles.